The molecule has 0 fully saturated rings. The molecule has 0 atom stereocenters. The molecule has 6 heteroatoms. The van der Waals surface area contributed by atoms with Gasteiger partial charge in [-0.25, -0.2) is 9.97 Å². The zero-order valence-electron chi connectivity index (χ0n) is 10.6. The molecule has 0 radical (unpaired) electrons. The SMILES string of the molecule is Cc1[nH]c2ncnc(Nc3cccc(Cl)c3)c2c1C=O. The van der Waals surface area contributed by atoms with Crippen molar-refractivity contribution in [2.24, 2.45) is 0 Å². The van der Waals surface area contributed by atoms with E-state index in [9.17, 15) is 4.79 Å². The Hall–Kier alpha value is -2.40. The van der Waals surface area contributed by atoms with E-state index in [1.54, 1.807) is 12.1 Å². The van der Waals surface area contributed by atoms with Gasteiger partial charge in [-0.2, -0.15) is 0 Å². The Labute approximate surface area is 120 Å². The highest BCUT2D eigenvalue weighted by Crippen LogP contribution is 2.28. The Morgan fingerprint density at radius 3 is 2.95 bits per heavy atom. The number of aromatic amines is 1. The monoisotopic (exact) mass is 286 g/mol. The third-order valence-electron chi connectivity index (χ3n) is 3.03. The van der Waals surface area contributed by atoms with Crippen LogP contribution < -0.4 is 5.32 Å². The predicted octanol–water partition coefficient (Wildman–Crippen LogP) is 3.48. The first-order chi connectivity index (χ1) is 9.69. The van der Waals surface area contributed by atoms with E-state index in [0.717, 1.165) is 17.7 Å². The maximum absolute atomic E-state index is 11.2. The maximum Gasteiger partial charge on any atom is 0.152 e. The summed E-state index contributed by atoms with van der Waals surface area (Å²) in [7, 11) is 0. The normalized spacial score (nSPS) is 10.7. The molecule has 0 amide bonds. The third-order valence-corrected chi connectivity index (χ3v) is 3.27. The van der Waals surface area contributed by atoms with Crippen molar-refractivity contribution in [1.82, 2.24) is 15.0 Å². The van der Waals surface area contributed by atoms with Crippen LogP contribution in [-0.4, -0.2) is 21.2 Å². The molecule has 1 aromatic carbocycles. The number of nitrogens with zero attached hydrogens (tertiary/aromatic N) is 2. The molecule has 2 aromatic heterocycles. The van der Waals surface area contributed by atoms with E-state index in [0.29, 0.717) is 27.4 Å². The first kappa shape index (κ1) is 12.6. The summed E-state index contributed by atoms with van der Waals surface area (Å²) in [5.41, 5.74) is 2.76. The molecule has 2 N–H and O–H groups in total. The third kappa shape index (κ3) is 2.12. The number of fused-ring (bicyclic) bond motifs is 1. The molecule has 0 spiro atoms. The largest absolute Gasteiger partial charge is 0.343 e. The summed E-state index contributed by atoms with van der Waals surface area (Å²) in [5.74, 6) is 0.573. The average molecular weight is 287 g/mol. The van der Waals surface area contributed by atoms with Crippen LogP contribution in [0.4, 0.5) is 11.5 Å². The number of H-pyrrole nitrogens is 1. The van der Waals surface area contributed by atoms with Crippen molar-refractivity contribution in [3.63, 3.8) is 0 Å². The van der Waals surface area contributed by atoms with E-state index >= 15 is 0 Å². The molecule has 20 heavy (non-hydrogen) atoms. The molecule has 3 rings (SSSR count). The highest BCUT2D eigenvalue weighted by atomic mass is 35.5. The predicted molar refractivity (Wildman–Crippen MR) is 78.7 cm³/mol. The summed E-state index contributed by atoms with van der Waals surface area (Å²) in [6, 6.07) is 7.29. The van der Waals surface area contributed by atoms with Gasteiger partial charge < -0.3 is 10.3 Å². The summed E-state index contributed by atoms with van der Waals surface area (Å²) in [6.07, 6.45) is 2.25. The first-order valence-corrected chi connectivity index (χ1v) is 6.38. The van der Waals surface area contributed by atoms with Gasteiger partial charge >= 0.3 is 0 Å². The van der Waals surface area contributed by atoms with Crippen LogP contribution in [0.5, 0.6) is 0 Å². The number of aryl methyl sites for hydroxylation is 1. The number of carbonyl (C=O) groups is 1. The summed E-state index contributed by atoms with van der Waals surface area (Å²) in [6.45, 7) is 1.83. The van der Waals surface area contributed by atoms with E-state index in [2.05, 4.69) is 20.3 Å². The Kier molecular flexibility index (Phi) is 3.12. The molecular weight excluding hydrogens is 276 g/mol. The zero-order valence-corrected chi connectivity index (χ0v) is 11.4. The lowest BCUT2D eigenvalue weighted by Gasteiger charge is -2.07. The second-order valence-corrected chi connectivity index (χ2v) is 4.80. The molecule has 0 bridgehead atoms. The summed E-state index contributed by atoms with van der Waals surface area (Å²) in [5, 5.41) is 4.47. The van der Waals surface area contributed by atoms with Crippen LogP contribution in [0.15, 0.2) is 30.6 Å². The van der Waals surface area contributed by atoms with Gasteiger partial charge in [0.2, 0.25) is 0 Å². The van der Waals surface area contributed by atoms with Crippen LogP contribution in [0.25, 0.3) is 11.0 Å². The van der Waals surface area contributed by atoms with Gasteiger partial charge in [0.1, 0.15) is 17.8 Å². The molecule has 0 saturated heterocycles. The average Bonchev–Trinajstić information content (AvgIpc) is 2.75. The Balaban J connectivity index is 2.14. The smallest absolute Gasteiger partial charge is 0.152 e. The first-order valence-electron chi connectivity index (χ1n) is 6.00. The number of rotatable bonds is 3. The standard InChI is InChI=1S/C14H11ClN4O/c1-8-11(6-20)12-13(18-8)16-7-17-14(12)19-10-4-2-3-9(15)5-10/h2-7H,1H3,(H2,16,17,18,19). The number of aldehydes is 1. The van der Waals surface area contributed by atoms with Crippen LogP contribution in [-0.2, 0) is 0 Å². The van der Waals surface area contributed by atoms with E-state index in [4.69, 9.17) is 11.6 Å². The summed E-state index contributed by atoms with van der Waals surface area (Å²) >= 11 is 5.96. The van der Waals surface area contributed by atoms with Crippen LogP contribution in [0.2, 0.25) is 5.02 Å². The Morgan fingerprint density at radius 2 is 2.20 bits per heavy atom. The van der Waals surface area contributed by atoms with Crippen molar-refractivity contribution < 1.29 is 4.79 Å². The van der Waals surface area contributed by atoms with E-state index in [1.807, 2.05) is 19.1 Å². The topological polar surface area (TPSA) is 70.7 Å². The minimum absolute atomic E-state index is 0.560. The molecule has 0 saturated carbocycles. The fourth-order valence-corrected chi connectivity index (χ4v) is 2.30. The molecule has 5 nitrogen and oxygen atoms in total. The molecule has 0 aliphatic carbocycles. The van der Waals surface area contributed by atoms with Crippen molar-refractivity contribution in [2.45, 2.75) is 6.92 Å². The van der Waals surface area contributed by atoms with Gasteiger partial charge in [0, 0.05) is 22.0 Å². The molecule has 2 heterocycles. The van der Waals surface area contributed by atoms with Crippen molar-refractivity contribution in [3.8, 4) is 0 Å². The molecule has 0 aliphatic rings. The van der Waals surface area contributed by atoms with Gasteiger partial charge in [-0.05, 0) is 25.1 Å². The lowest BCUT2D eigenvalue weighted by atomic mass is 10.2. The second-order valence-electron chi connectivity index (χ2n) is 4.36. The van der Waals surface area contributed by atoms with Crippen molar-refractivity contribution in [3.05, 3.63) is 46.9 Å². The van der Waals surface area contributed by atoms with E-state index in [-0.39, 0.29) is 0 Å². The molecule has 0 aliphatic heterocycles. The number of benzene rings is 1. The lowest BCUT2D eigenvalue weighted by molar-refractivity contribution is 0.112. The van der Waals surface area contributed by atoms with Crippen LogP contribution in [0, 0.1) is 6.92 Å². The number of aromatic nitrogens is 3. The lowest BCUT2D eigenvalue weighted by Crippen LogP contribution is -1.96. The van der Waals surface area contributed by atoms with Gasteiger partial charge in [0.15, 0.2) is 6.29 Å². The molecule has 0 unspecified atom stereocenters. The fraction of sp³-hybridized carbons (Fsp3) is 0.0714. The Bertz CT molecular complexity index is 797. The fourth-order valence-electron chi connectivity index (χ4n) is 2.11. The number of nitrogens with one attached hydrogen (secondary N) is 2. The van der Waals surface area contributed by atoms with Crippen LogP contribution in [0.3, 0.4) is 0 Å². The van der Waals surface area contributed by atoms with Crippen LogP contribution >= 0.6 is 11.6 Å². The van der Waals surface area contributed by atoms with Gasteiger partial charge in [0.25, 0.3) is 0 Å². The number of carbonyl (C=O) groups excluding carboxylic acids is 1. The number of halogens is 1. The number of anilines is 2. The second kappa shape index (κ2) is 4.94. The molecule has 3 aromatic rings. The van der Waals surface area contributed by atoms with Crippen molar-refractivity contribution in [2.75, 3.05) is 5.32 Å². The highest BCUT2D eigenvalue weighted by molar-refractivity contribution is 6.30. The quantitative estimate of drug-likeness (QED) is 0.723. The number of hydrogen-bond donors (Lipinski definition) is 2. The number of hydrogen-bond acceptors (Lipinski definition) is 4. The van der Waals surface area contributed by atoms with Gasteiger partial charge in [0.05, 0.1) is 5.39 Å². The minimum atomic E-state index is 0.560. The van der Waals surface area contributed by atoms with Gasteiger partial charge in [-0.15, -0.1) is 0 Å². The zero-order chi connectivity index (χ0) is 14.1. The van der Waals surface area contributed by atoms with Crippen molar-refractivity contribution >= 4 is 40.4 Å². The highest BCUT2D eigenvalue weighted by Gasteiger charge is 2.14. The van der Waals surface area contributed by atoms with Gasteiger partial charge in [-0.3, -0.25) is 4.79 Å². The van der Waals surface area contributed by atoms with E-state index < -0.39 is 0 Å². The van der Waals surface area contributed by atoms with E-state index in [1.165, 1.54) is 6.33 Å². The van der Waals surface area contributed by atoms with Crippen molar-refractivity contribution in [1.29, 1.82) is 0 Å². The minimum Gasteiger partial charge on any atom is -0.343 e. The summed E-state index contributed by atoms with van der Waals surface area (Å²) < 4.78 is 0. The van der Waals surface area contributed by atoms with Gasteiger partial charge in [-0.1, -0.05) is 17.7 Å². The van der Waals surface area contributed by atoms with Crippen LogP contribution in [0.1, 0.15) is 16.1 Å². The summed E-state index contributed by atoms with van der Waals surface area (Å²) in [4.78, 5) is 22.7. The Morgan fingerprint density at radius 1 is 1.35 bits per heavy atom. The molecule has 100 valence electrons. The molecular formula is C14H11ClN4O. The maximum atomic E-state index is 11.2.